The van der Waals surface area contributed by atoms with Crippen molar-refractivity contribution in [3.8, 4) is 0 Å². The van der Waals surface area contributed by atoms with Crippen LogP contribution in [0.1, 0.15) is 16.7 Å². The van der Waals surface area contributed by atoms with Crippen LogP contribution in [-0.2, 0) is 16.4 Å². The molecule has 2 aromatic carbocycles. The molecule has 2 aliphatic rings. The Labute approximate surface area is 158 Å². The molecule has 0 N–H and O–H groups in total. The van der Waals surface area contributed by atoms with Crippen LogP contribution in [0.4, 0.5) is 14.9 Å². The molecule has 5 nitrogen and oxygen atoms in total. The summed E-state index contributed by atoms with van der Waals surface area (Å²) < 4.78 is 38.2. The number of rotatable bonds is 3. The number of fused-ring (bicyclic) bond motifs is 1. The van der Waals surface area contributed by atoms with E-state index < -0.39 is 21.9 Å². The molecule has 0 saturated carbocycles. The Morgan fingerprint density at radius 1 is 1.07 bits per heavy atom. The lowest BCUT2D eigenvalue weighted by atomic mass is 10.1. The number of hydrogen-bond donors (Lipinski definition) is 0. The van der Waals surface area contributed by atoms with E-state index in [4.69, 9.17) is 0 Å². The summed E-state index contributed by atoms with van der Waals surface area (Å²) >= 11 is 0. The lowest BCUT2D eigenvalue weighted by molar-refractivity contribution is 0.205. The number of halogens is 1. The molecule has 142 valence electrons. The molecule has 7 heteroatoms. The zero-order valence-electron chi connectivity index (χ0n) is 15.2. The number of aryl methyl sites for hydroxylation is 2. The molecule has 2 aromatic rings. The van der Waals surface area contributed by atoms with E-state index in [-0.39, 0.29) is 29.9 Å². The normalized spacial score (nSPS) is 23.7. The van der Waals surface area contributed by atoms with Crippen molar-refractivity contribution in [2.75, 3.05) is 16.4 Å². The van der Waals surface area contributed by atoms with E-state index in [1.165, 1.54) is 12.1 Å². The van der Waals surface area contributed by atoms with Crippen molar-refractivity contribution in [2.45, 2.75) is 32.5 Å². The molecule has 0 radical (unpaired) electrons. The number of benzene rings is 2. The second-order valence-corrected chi connectivity index (χ2v) is 9.57. The summed E-state index contributed by atoms with van der Waals surface area (Å²) in [5, 5.41) is 0. The van der Waals surface area contributed by atoms with Gasteiger partial charge in [-0.15, -0.1) is 0 Å². The van der Waals surface area contributed by atoms with Crippen LogP contribution in [0, 0.1) is 19.7 Å². The summed E-state index contributed by atoms with van der Waals surface area (Å²) in [6.45, 7) is 4.04. The molecule has 0 aromatic heterocycles. The molecular formula is C20H21FN2O3S. The Balaban J connectivity index is 1.75. The van der Waals surface area contributed by atoms with Crippen LogP contribution in [0.2, 0.25) is 0 Å². The first kappa shape index (κ1) is 18.0. The van der Waals surface area contributed by atoms with Crippen LogP contribution in [0.5, 0.6) is 0 Å². The predicted octanol–water partition coefficient (Wildman–Crippen LogP) is 3.05. The Morgan fingerprint density at radius 3 is 2.56 bits per heavy atom. The Kier molecular flexibility index (Phi) is 4.22. The number of hydrogen-bond acceptors (Lipinski definition) is 3. The minimum Gasteiger partial charge on any atom is -0.314 e. The van der Waals surface area contributed by atoms with Crippen LogP contribution in [0.3, 0.4) is 0 Å². The monoisotopic (exact) mass is 388 g/mol. The molecule has 2 heterocycles. The largest absolute Gasteiger partial charge is 0.325 e. The highest BCUT2D eigenvalue weighted by Crippen LogP contribution is 2.37. The van der Waals surface area contributed by atoms with Gasteiger partial charge in [0.1, 0.15) is 5.82 Å². The number of carbonyl (C=O) groups excluding carboxylic acids is 1. The van der Waals surface area contributed by atoms with E-state index >= 15 is 0 Å². The molecule has 2 unspecified atom stereocenters. The van der Waals surface area contributed by atoms with Crippen LogP contribution < -0.4 is 4.90 Å². The molecule has 2 fully saturated rings. The van der Waals surface area contributed by atoms with Gasteiger partial charge in [0.2, 0.25) is 0 Å². The summed E-state index contributed by atoms with van der Waals surface area (Å²) in [5.74, 6) is -0.475. The van der Waals surface area contributed by atoms with Crippen molar-refractivity contribution in [3.63, 3.8) is 0 Å². The fraction of sp³-hybridized carbons (Fsp3) is 0.350. The summed E-state index contributed by atoms with van der Waals surface area (Å²) in [7, 11) is -3.24. The van der Waals surface area contributed by atoms with E-state index in [1.807, 2.05) is 32.0 Å². The van der Waals surface area contributed by atoms with Crippen molar-refractivity contribution in [1.82, 2.24) is 4.90 Å². The maximum atomic E-state index is 13.6. The summed E-state index contributed by atoms with van der Waals surface area (Å²) in [4.78, 5) is 16.4. The van der Waals surface area contributed by atoms with Crippen molar-refractivity contribution in [1.29, 1.82) is 0 Å². The van der Waals surface area contributed by atoms with E-state index in [9.17, 15) is 17.6 Å². The number of amides is 2. The maximum absolute atomic E-state index is 13.6. The Morgan fingerprint density at radius 2 is 1.81 bits per heavy atom. The molecule has 0 aliphatic carbocycles. The summed E-state index contributed by atoms with van der Waals surface area (Å²) in [6.07, 6.45) is 0. The van der Waals surface area contributed by atoms with Crippen LogP contribution >= 0.6 is 0 Å². The van der Waals surface area contributed by atoms with Gasteiger partial charge >= 0.3 is 6.03 Å². The van der Waals surface area contributed by atoms with Gasteiger partial charge in [-0.1, -0.05) is 24.3 Å². The van der Waals surface area contributed by atoms with Gasteiger partial charge in [-0.2, -0.15) is 0 Å². The molecule has 2 atom stereocenters. The van der Waals surface area contributed by atoms with Gasteiger partial charge in [-0.3, -0.25) is 4.90 Å². The molecule has 27 heavy (non-hydrogen) atoms. The first-order chi connectivity index (χ1) is 12.7. The fourth-order valence-electron chi connectivity index (χ4n) is 4.05. The summed E-state index contributed by atoms with van der Waals surface area (Å²) in [6, 6.07) is 10.8. The number of urea groups is 1. The van der Waals surface area contributed by atoms with E-state index in [1.54, 1.807) is 21.9 Å². The second kappa shape index (κ2) is 6.34. The molecular weight excluding hydrogens is 367 g/mol. The smallest absolute Gasteiger partial charge is 0.314 e. The van der Waals surface area contributed by atoms with Gasteiger partial charge in [0.05, 0.1) is 23.6 Å². The van der Waals surface area contributed by atoms with Crippen LogP contribution in [0.25, 0.3) is 0 Å². The SMILES string of the molecule is Cc1ccc(C)c(N2C(=O)N(Cc3cccc(F)c3)C3CS(=O)(=O)CC32)c1. The average molecular weight is 388 g/mol. The predicted molar refractivity (Wildman–Crippen MR) is 102 cm³/mol. The van der Waals surface area contributed by atoms with Gasteiger partial charge < -0.3 is 4.90 Å². The Hall–Kier alpha value is -2.41. The maximum Gasteiger partial charge on any atom is 0.325 e. The standard InChI is InChI=1S/C20H21FN2O3S/c1-13-6-7-14(2)17(8-13)23-19-12-27(25,26)11-18(19)22(20(23)24)10-15-4-3-5-16(21)9-15/h3-9,18-19H,10-12H2,1-2H3. The first-order valence-corrected chi connectivity index (χ1v) is 10.7. The van der Waals surface area contributed by atoms with Crippen molar-refractivity contribution >= 4 is 21.6 Å². The fourth-order valence-corrected chi connectivity index (χ4v) is 6.00. The third-order valence-electron chi connectivity index (χ3n) is 5.34. The van der Waals surface area contributed by atoms with Gasteiger partial charge in [0.15, 0.2) is 9.84 Å². The van der Waals surface area contributed by atoms with Crippen molar-refractivity contribution < 1.29 is 17.6 Å². The highest BCUT2D eigenvalue weighted by Gasteiger charge is 2.54. The number of anilines is 1. The molecule has 2 saturated heterocycles. The number of sulfone groups is 1. The van der Waals surface area contributed by atoms with Crippen LogP contribution in [-0.4, -0.2) is 42.9 Å². The molecule has 2 amide bonds. The highest BCUT2D eigenvalue weighted by atomic mass is 32.2. The highest BCUT2D eigenvalue weighted by molar-refractivity contribution is 7.91. The molecule has 4 rings (SSSR count). The van der Waals surface area contributed by atoms with E-state index in [0.29, 0.717) is 5.56 Å². The van der Waals surface area contributed by atoms with Gasteiger partial charge in [0.25, 0.3) is 0 Å². The molecule has 0 bridgehead atoms. The lowest BCUT2D eigenvalue weighted by Crippen LogP contribution is -2.38. The third-order valence-corrected chi connectivity index (χ3v) is 7.04. The van der Waals surface area contributed by atoms with Crippen molar-refractivity contribution in [3.05, 3.63) is 65.0 Å². The topological polar surface area (TPSA) is 57.7 Å². The van der Waals surface area contributed by atoms with Gasteiger partial charge in [-0.25, -0.2) is 17.6 Å². The van der Waals surface area contributed by atoms with Crippen LogP contribution in [0.15, 0.2) is 42.5 Å². The minimum absolute atomic E-state index is 0.0452. The van der Waals surface area contributed by atoms with Gasteiger partial charge in [0, 0.05) is 12.2 Å². The second-order valence-electron chi connectivity index (χ2n) is 7.41. The van der Waals surface area contributed by atoms with Crippen molar-refractivity contribution in [2.24, 2.45) is 0 Å². The lowest BCUT2D eigenvalue weighted by Gasteiger charge is -2.24. The van der Waals surface area contributed by atoms with E-state index in [0.717, 1.165) is 16.8 Å². The number of carbonyl (C=O) groups is 1. The minimum atomic E-state index is -3.24. The van der Waals surface area contributed by atoms with Gasteiger partial charge in [-0.05, 0) is 48.7 Å². The zero-order valence-corrected chi connectivity index (χ0v) is 16.0. The summed E-state index contributed by atoms with van der Waals surface area (Å²) in [5.41, 5.74) is 3.32. The zero-order chi connectivity index (χ0) is 19.3. The van der Waals surface area contributed by atoms with E-state index in [2.05, 4.69) is 0 Å². The quantitative estimate of drug-likeness (QED) is 0.760. The average Bonchev–Trinajstić information content (AvgIpc) is 3.01. The first-order valence-electron chi connectivity index (χ1n) is 8.87. The third kappa shape index (κ3) is 3.20. The molecule has 2 aliphatic heterocycles. The Bertz CT molecular complexity index is 1020. The number of nitrogens with zero attached hydrogens (tertiary/aromatic N) is 2. The molecule has 0 spiro atoms.